The summed E-state index contributed by atoms with van der Waals surface area (Å²) < 4.78 is 0. The van der Waals surface area contributed by atoms with Crippen molar-refractivity contribution in [2.45, 2.75) is 12.8 Å². The second kappa shape index (κ2) is 7.88. The van der Waals surface area contributed by atoms with Crippen LogP contribution in [-0.4, -0.2) is 36.5 Å². The number of hydrogen-bond donors (Lipinski definition) is 3. The van der Waals surface area contributed by atoms with Crippen LogP contribution in [0.1, 0.15) is 12.8 Å². The van der Waals surface area contributed by atoms with Crippen LogP contribution in [0.4, 0.5) is 0 Å². The summed E-state index contributed by atoms with van der Waals surface area (Å²) in [6, 6.07) is 0. The molecule has 0 saturated heterocycles. The van der Waals surface area contributed by atoms with Crippen LogP contribution in [0.15, 0.2) is 0 Å². The Balaban J connectivity index is 2.60. The van der Waals surface area contributed by atoms with Gasteiger partial charge in [0.2, 0.25) is 0 Å². The van der Waals surface area contributed by atoms with E-state index < -0.39 is 0 Å². The first-order valence-electron chi connectivity index (χ1n) is 3.45. The molecule has 0 aromatic rings. The molecule has 0 heterocycles. The molecule has 0 atom stereocenters. The molecule has 4 N–H and O–H groups in total. The summed E-state index contributed by atoms with van der Waals surface area (Å²) >= 11 is 0. The van der Waals surface area contributed by atoms with E-state index in [1.165, 1.54) is 0 Å². The highest BCUT2D eigenvalue weighted by atomic mass is 16.3. The Kier molecular flexibility index (Phi) is 7.77. The lowest BCUT2D eigenvalue weighted by molar-refractivity contribution is -0.655. The van der Waals surface area contributed by atoms with Crippen molar-refractivity contribution in [2.75, 3.05) is 26.3 Å². The predicted molar refractivity (Wildman–Crippen MR) is 35.1 cm³/mol. The standard InChI is InChI=1S/C6H15NO2/c8-5-1-3-7-4-2-6-9/h7-9H,1-6H2/p+1. The van der Waals surface area contributed by atoms with Gasteiger partial charge in [0.15, 0.2) is 0 Å². The molecule has 0 aliphatic heterocycles. The molecular formula is C6H16NO2+. The van der Waals surface area contributed by atoms with Crippen molar-refractivity contribution in [3.8, 4) is 0 Å². The molecule has 0 bridgehead atoms. The minimum absolute atomic E-state index is 0.273. The van der Waals surface area contributed by atoms with E-state index in [-0.39, 0.29) is 13.2 Å². The molecule has 0 rings (SSSR count). The Hall–Kier alpha value is -0.120. The van der Waals surface area contributed by atoms with E-state index in [1.807, 2.05) is 0 Å². The molecule has 0 spiro atoms. The maximum Gasteiger partial charge on any atom is 0.0777 e. The number of rotatable bonds is 6. The third kappa shape index (κ3) is 7.88. The lowest BCUT2D eigenvalue weighted by Crippen LogP contribution is -2.84. The Morgan fingerprint density at radius 3 is 1.67 bits per heavy atom. The Morgan fingerprint density at radius 2 is 1.33 bits per heavy atom. The summed E-state index contributed by atoms with van der Waals surface area (Å²) in [5.74, 6) is 0. The third-order valence-electron chi connectivity index (χ3n) is 1.13. The lowest BCUT2D eigenvalue weighted by Gasteiger charge is -1.96. The van der Waals surface area contributed by atoms with Crippen molar-refractivity contribution in [3.63, 3.8) is 0 Å². The first-order chi connectivity index (χ1) is 4.41. The quantitative estimate of drug-likeness (QED) is 0.380. The largest absolute Gasteiger partial charge is 0.396 e. The zero-order valence-electron chi connectivity index (χ0n) is 5.71. The maximum absolute atomic E-state index is 8.35. The molecule has 0 unspecified atom stereocenters. The van der Waals surface area contributed by atoms with Crippen LogP contribution in [0, 0.1) is 0 Å². The highest BCUT2D eigenvalue weighted by molar-refractivity contribution is 4.28. The van der Waals surface area contributed by atoms with Gasteiger partial charge in [-0.3, -0.25) is 0 Å². The molecular weight excluding hydrogens is 118 g/mol. The Labute approximate surface area is 55.7 Å². The molecule has 0 radical (unpaired) electrons. The highest BCUT2D eigenvalue weighted by Crippen LogP contribution is 1.66. The minimum Gasteiger partial charge on any atom is -0.396 e. The zero-order chi connectivity index (χ0) is 6.95. The van der Waals surface area contributed by atoms with E-state index in [0.29, 0.717) is 0 Å². The van der Waals surface area contributed by atoms with Crippen LogP contribution >= 0.6 is 0 Å². The van der Waals surface area contributed by atoms with Gasteiger partial charge in [0.05, 0.1) is 13.1 Å². The number of quaternary nitrogens is 1. The van der Waals surface area contributed by atoms with Crippen molar-refractivity contribution in [2.24, 2.45) is 0 Å². The molecule has 3 nitrogen and oxygen atoms in total. The average molecular weight is 134 g/mol. The van der Waals surface area contributed by atoms with E-state index in [2.05, 4.69) is 5.32 Å². The molecule has 0 aliphatic rings. The molecule has 0 amide bonds. The van der Waals surface area contributed by atoms with Gasteiger partial charge in [-0.2, -0.15) is 0 Å². The van der Waals surface area contributed by atoms with Crippen molar-refractivity contribution in [3.05, 3.63) is 0 Å². The maximum atomic E-state index is 8.35. The monoisotopic (exact) mass is 134 g/mol. The van der Waals surface area contributed by atoms with Gasteiger partial charge in [-0.1, -0.05) is 0 Å². The van der Waals surface area contributed by atoms with Gasteiger partial charge in [-0.05, 0) is 0 Å². The van der Waals surface area contributed by atoms with Gasteiger partial charge >= 0.3 is 0 Å². The van der Waals surface area contributed by atoms with Gasteiger partial charge in [-0.25, -0.2) is 0 Å². The third-order valence-corrected chi connectivity index (χ3v) is 1.13. The summed E-state index contributed by atoms with van der Waals surface area (Å²) in [4.78, 5) is 0. The van der Waals surface area contributed by atoms with Crippen molar-refractivity contribution in [1.29, 1.82) is 0 Å². The van der Waals surface area contributed by atoms with Gasteiger partial charge < -0.3 is 15.5 Å². The zero-order valence-corrected chi connectivity index (χ0v) is 5.71. The smallest absolute Gasteiger partial charge is 0.0777 e. The second-order valence-corrected chi connectivity index (χ2v) is 2.02. The molecule has 3 heteroatoms. The number of aliphatic hydroxyl groups excluding tert-OH is 2. The molecule has 56 valence electrons. The van der Waals surface area contributed by atoms with Crippen molar-refractivity contribution < 1.29 is 15.5 Å². The normalized spacial score (nSPS) is 10.0. The fourth-order valence-electron chi connectivity index (χ4n) is 0.616. The van der Waals surface area contributed by atoms with Crippen LogP contribution in [-0.2, 0) is 0 Å². The summed E-state index contributed by atoms with van der Waals surface area (Å²) in [6.07, 6.45) is 1.71. The summed E-state index contributed by atoms with van der Waals surface area (Å²) in [7, 11) is 0. The van der Waals surface area contributed by atoms with Crippen LogP contribution in [0.5, 0.6) is 0 Å². The highest BCUT2D eigenvalue weighted by Gasteiger charge is 1.87. The molecule has 0 aromatic carbocycles. The van der Waals surface area contributed by atoms with E-state index >= 15 is 0 Å². The number of aliphatic hydroxyl groups is 2. The fraction of sp³-hybridized carbons (Fsp3) is 1.00. The predicted octanol–water partition coefficient (Wildman–Crippen LogP) is -1.69. The number of nitrogens with two attached hydrogens (primary N) is 1. The second-order valence-electron chi connectivity index (χ2n) is 2.02. The summed E-state index contributed by atoms with van der Waals surface area (Å²) in [5, 5.41) is 18.8. The summed E-state index contributed by atoms with van der Waals surface area (Å²) in [6.45, 7) is 2.48. The van der Waals surface area contributed by atoms with Gasteiger partial charge in [0.1, 0.15) is 0 Å². The van der Waals surface area contributed by atoms with E-state index in [9.17, 15) is 0 Å². The average Bonchev–Trinajstić information content (AvgIpc) is 1.89. The lowest BCUT2D eigenvalue weighted by atomic mass is 10.4. The van der Waals surface area contributed by atoms with Crippen molar-refractivity contribution >= 4 is 0 Å². The summed E-state index contributed by atoms with van der Waals surface area (Å²) in [5.41, 5.74) is 0. The molecule has 0 aromatic heterocycles. The topological polar surface area (TPSA) is 57.1 Å². The van der Waals surface area contributed by atoms with Crippen LogP contribution in [0.25, 0.3) is 0 Å². The van der Waals surface area contributed by atoms with Gasteiger partial charge in [-0.15, -0.1) is 0 Å². The van der Waals surface area contributed by atoms with E-state index in [0.717, 1.165) is 25.9 Å². The first-order valence-corrected chi connectivity index (χ1v) is 3.45. The molecule has 9 heavy (non-hydrogen) atoms. The minimum atomic E-state index is 0.273. The Bertz CT molecular complexity index is 44.3. The van der Waals surface area contributed by atoms with E-state index in [4.69, 9.17) is 10.2 Å². The van der Waals surface area contributed by atoms with Crippen LogP contribution in [0.3, 0.4) is 0 Å². The first kappa shape index (κ1) is 8.88. The van der Waals surface area contributed by atoms with Crippen LogP contribution < -0.4 is 5.32 Å². The SMILES string of the molecule is OCCC[NH2+]CCCO. The van der Waals surface area contributed by atoms with Crippen molar-refractivity contribution in [1.82, 2.24) is 0 Å². The molecule has 0 aliphatic carbocycles. The molecule has 0 saturated carbocycles. The van der Waals surface area contributed by atoms with Gasteiger partial charge in [0.25, 0.3) is 0 Å². The Morgan fingerprint density at radius 1 is 0.889 bits per heavy atom. The van der Waals surface area contributed by atoms with Gasteiger partial charge in [0, 0.05) is 26.1 Å². The fourth-order valence-corrected chi connectivity index (χ4v) is 0.616. The van der Waals surface area contributed by atoms with E-state index in [1.54, 1.807) is 0 Å². The number of hydrogen-bond acceptors (Lipinski definition) is 2. The van der Waals surface area contributed by atoms with Crippen LogP contribution in [0.2, 0.25) is 0 Å². The molecule has 0 fully saturated rings.